The molecular weight excluding hydrogens is 450 g/mol. The first-order valence-corrected chi connectivity index (χ1v) is 11.6. The van der Waals surface area contributed by atoms with Crippen LogP contribution in [0.5, 0.6) is 0 Å². The van der Waals surface area contributed by atoms with Crippen molar-refractivity contribution < 1.29 is 28.3 Å². The second-order valence-corrected chi connectivity index (χ2v) is 9.76. The molecule has 9 nitrogen and oxygen atoms in total. The van der Waals surface area contributed by atoms with E-state index in [-0.39, 0.29) is 12.0 Å². The van der Waals surface area contributed by atoms with Gasteiger partial charge in [-0.15, -0.1) is 0 Å². The van der Waals surface area contributed by atoms with Crippen molar-refractivity contribution in [3.8, 4) is 0 Å². The zero-order valence-corrected chi connectivity index (χ0v) is 20.6. The van der Waals surface area contributed by atoms with Gasteiger partial charge in [0.05, 0.1) is 11.8 Å². The minimum Gasteiger partial charge on any atom is -0.469 e. The summed E-state index contributed by atoms with van der Waals surface area (Å²) in [4.78, 5) is 52.0. The summed E-state index contributed by atoms with van der Waals surface area (Å²) in [7, 11) is 1.43. The predicted molar refractivity (Wildman–Crippen MR) is 128 cm³/mol. The number of nitrogens with zero attached hydrogens (tertiary/aromatic N) is 1. The molecule has 1 fully saturated rings. The normalized spacial score (nSPS) is 18.8. The number of likely N-dealkylation sites (N-methyl/N-ethyl adjacent to an activating group) is 1. The highest BCUT2D eigenvalue weighted by Gasteiger charge is 2.45. The molecule has 0 saturated carbocycles. The smallest absolute Gasteiger partial charge is 0.255 e. The number of carbonyl (C=O) groups excluding carboxylic acids is 4. The fraction of sp³-hybridized carbons (Fsp3) is 0.462. The maximum Gasteiger partial charge on any atom is 0.255 e. The van der Waals surface area contributed by atoms with E-state index in [0.29, 0.717) is 17.7 Å². The van der Waals surface area contributed by atoms with Crippen LogP contribution in [-0.2, 0) is 25.5 Å². The third-order valence-corrected chi connectivity index (χ3v) is 6.46. The molecule has 0 spiro atoms. The quantitative estimate of drug-likeness (QED) is 0.531. The summed E-state index contributed by atoms with van der Waals surface area (Å²) in [5, 5.41) is 2.82. The van der Waals surface area contributed by atoms with Crippen LogP contribution in [0.3, 0.4) is 0 Å². The Bertz CT molecular complexity index is 1080. The zero-order chi connectivity index (χ0) is 25.8. The maximum atomic E-state index is 13.6. The van der Waals surface area contributed by atoms with Crippen molar-refractivity contribution in [1.29, 1.82) is 0 Å². The first kappa shape index (κ1) is 26.2. The van der Waals surface area contributed by atoms with E-state index in [4.69, 9.17) is 14.9 Å². The first-order valence-electron chi connectivity index (χ1n) is 11.6. The van der Waals surface area contributed by atoms with E-state index >= 15 is 0 Å². The number of primary amides is 1. The number of furan rings is 1. The number of amides is 3. The molecule has 0 bridgehead atoms. The number of ketones is 1. The van der Waals surface area contributed by atoms with E-state index in [2.05, 4.69) is 5.32 Å². The lowest BCUT2D eigenvalue weighted by Gasteiger charge is -2.34. The summed E-state index contributed by atoms with van der Waals surface area (Å²) in [6, 6.07) is 9.46. The van der Waals surface area contributed by atoms with Crippen molar-refractivity contribution >= 4 is 23.5 Å². The Kier molecular flexibility index (Phi) is 8.11. The number of hydrogen-bond donors (Lipinski definition) is 2. The molecule has 3 unspecified atom stereocenters. The molecule has 1 aromatic carbocycles. The number of hydrogen-bond acceptors (Lipinski definition) is 6. The molecule has 0 aliphatic carbocycles. The third kappa shape index (κ3) is 6.36. The summed E-state index contributed by atoms with van der Waals surface area (Å²) in [6.07, 6.45) is 2.06. The zero-order valence-electron chi connectivity index (χ0n) is 20.6. The van der Waals surface area contributed by atoms with Crippen LogP contribution in [0.2, 0.25) is 0 Å². The van der Waals surface area contributed by atoms with Crippen molar-refractivity contribution in [3.63, 3.8) is 0 Å². The van der Waals surface area contributed by atoms with Crippen molar-refractivity contribution in [2.24, 2.45) is 11.1 Å². The van der Waals surface area contributed by atoms with Crippen LogP contribution in [0.15, 0.2) is 47.1 Å². The van der Waals surface area contributed by atoms with Crippen molar-refractivity contribution in [2.75, 3.05) is 13.7 Å². The van der Waals surface area contributed by atoms with E-state index in [1.54, 1.807) is 6.92 Å². The number of nitrogens with one attached hydrogen (secondary N) is 1. The van der Waals surface area contributed by atoms with E-state index in [0.717, 1.165) is 12.8 Å². The standard InChI is InChI=1S/C26H33N3O6/c1-16-18(11-13-34-16)24(32)28-19(14-26(2,3)12-10-17-8-6-5-7-9-17)25(33)29(4)21-20(30)15-35-22(21)23(27)31/h5-9,11,13,19,21-22H,10,12,14-15H2,1-4H3,(H2,27,31)(H,28,32). The fourth-order valence-corrected chi connectivity index (χ4v) is 4.40. The van der Waals surface area contributed by atoms with Crippen LogP contribution in [0.25, 0.3) is 0 Å². The molecule has 188 valence electrons. The topological polar surface area (TPSA) is 132 Å². The van der Waals surface area contributed by atoms with E-state index in [1.165, 1.54) is 29.8 Å². The molecule has 3 rings (SSSR count). The molecule has 9 heteroatoms. The van der Waals surface area contributed by atoms with Gasteiger partial charge in [0.25, 0.3) is 5.91 Å². The fourth-order valence-electron chi connectivity index (χ4n) is 4.40. The molecule has 35 heavy (non-hydrogen) atoms. The minimum absolute atomic E-state index is 0.302. The number of nitrogens with two attached hydrogens (primary N) is 1. The molecule has 2 heterocycles. The number of rotatable bonds is 10. The Morgan fingerprint density at radius 2 is 1.89 bits per heavy atom. The molecule has 3 N–H and O–H groups in total. The van der Waals surface area contributed by atoms with Crippen molar-refractivity contribution in [1.82, 2.24) is 10.2 Å². The van der Waals surface area contributed by atoms with Gasteiger partial charge in [-0.2, -0.15) is 0 Å². The average molecular weight is 484 g/mol. The predicted octanol–water partition coefficient (Wildman–Crippen LogP) is 2.02. The highest BCUT2D eigenvalue weighted by atomic mass is 16.5. The second-order valence-electron chi connectivity index (χ2n) is 9.76. The van der Waals surface area contributed by atoms with Crippen molar-refractivity contribution in [2.45, 2.75) is 58.2 Å². The van der Waals surface area contributed by atoms with Gasteiger partial charge in [0.15, 0.2) is 11.9 Å². The van der Waals surface area contributed by atoms with Gasteiger partial charge in [-0.3, -0.25) is 19.2 Å². The summed E-state index contributed by atoms with van der Waals surface area (Å²) >= 11 is 0. The summed E-state index contributed by atoms with van der Waals surface area (Å²) in [5.41, 5.74) is 6.55. The van der Waals surface area contributed by atoms with Gasteiger partial charge >= 0.3 is 0 Å². The molecule has 0 radical (unpaired) electrons. The summed E-state index contributed by atoms with van der Waals surface area (Å²) in [6.45, 7) is 5.42. The molecule has 1 saturated heterocycles. The van der Waals surface area contributed by atoms with Crippen LogP contribution in [0, 0.1) is 12.3 Å². The molecule has 3 atom stereocenters. The Morgan fingerprint density at radius 1 is 1.20 bits per heavy atom. The molecule has 1 aliphatic rings. The number of Topliss-reactive ketones (excluding diaryl/α,β-unsaturated/α-hetero) is 1. The molecule has 1 aliphatic heterocycles. The Hall–Kier alpha value is -3.46. The minimum atomic E-state index is -1.23. The van der Waals surface area contributed by atoms with E-state index < -0.39 is 41.7 Å². The monoisotopic (exact) mass is 483 g/mol. The molecule has 2 aromatic rings. The third-order valence-electron chi connectivity index (χ3n) is 6.46. The Morgan fingerprint density at radius 3 is 2.49 bits per heavy atom. The van der Waals surface area contributed by atoms with Gasteiger partial charge in [0.1, 0.15) is 24.5 Å². The number of carbonyl (C=O) groups is 4. The van der Waals surface area contributed by atoms with Crippen LogP contribution >= 0.6 is 0 Å². The Balaban J connectivity index is 1.81. The van der Waals surface area contributed by atoms with Crippen LogP contribution < -0.4 is 11.1 Å². The molecule has 1 aromatic heterocycles. The van der Waals surface area contributed by atoms with Crippen molar-refractivity contribution in [3.05, 3.63) is 59.5 Å². The van der Waals surface area contributed by atoms with Gasteiger partial charge in [-0.1, -0.05) is 44.2 Å². The van der Waals surface area contributed by atoms with E-state index in [1.807, 2.05) is 44.2 Å². The van der Waals surface area contributed by atoms with Gasteiger partial charge < -0.3 is 25.1 Å². The number of aryl methyl sites for hydroxylation is 2. The summed E-state index contributed by atoms with van der Waals surface area (Å²) < 4.78 is 10.4. The van der Waals surface area contributed by atoms with Gasteiger partial charge in [-0.05, 0) is 43.2 Å². The largest absolute Gasteiger partial charge is 0.469 e. The van der Waals surface area contributed by atoms with Crippen LogP contribution in [-0.4, -0.2) is 60.2 Å². The SMILES string of the molecule is Cc1occc1C(=O)NC(CC(C)(C)CCc1ccccc1)C(=O)N(C)C1C(=O)COC1C(N)=O. The highest BCUT2D eigenvalue weighted by molar-refractivity contribution is 6.01. The molecule has 3 amide bonds. The lowest BCUT2D eigenvalue weighted by atomic mass is 9.80. The number of benzene rings is 1. The second kappa shape index (κ2) is 10.9. The first-order chi connectivity index (χ1) is 16.5. The lowest BCUT2D eigenvalue weighted by Crippen LogP contribution is -2.56. The van der Waals surface area contributed by atoms with E-state index in [9.17, 15) is 19.2 Å². The van der Waals surface area contributed by atoms with Gasteiger partial charge in [0.2, 0.25) is 11.8 Å². The molecular formula is C26H33N3O6. The van der Waals surface area contributed by atoms with Gasteiger partial charge in [0, 0.05) is 7.05 Å². The average Bonchev–Trinajstić information content (AvgIpc) is 3.42. The van der Waals surface area contributed by atoms with Crippen LogP contribution in [0.1, 0.15) is 48.4 Å². The highest BCUT2D eigenvalue weighted by Crippen LogP contribution is 2.30. The summed E-state index contributed by atoms with van der Waals surface area (Å²) in [5.74, 6) is -1.76. The van der Waals surface area contributed by atoms with Crippen LogP contribution in [0.4, 0.5) is 0 Å². The lowest BCUT2D eigenvalue weighted by molar-refractivity contribution is -0.141. The van der Waals surface area contributed by atoms with Gasteiger partial charge in [-0.25, -0.2) is 0 Å². The Labute approximate surface area is 205 Å². The maximum absolute atomic E-state index is 13.6. The number of ether oxygens (including phenoxy) is 1.